The van der Waals surface area contributed by atoms with Crippen molar-refractivity contribution in [2.75, 3.05) is 32.7 Å². The van der Waals surface area contributed by atoms with Crippen LogP contribution in [0, 0.1) is 6.92 Å². The number of benzene rings is 1. The zero-order valence-corrected chi connectivity index (χ0v) is 17.0. The van der Waals surface area contributed by atoms with E-state index in [0.717, 1.165) is 38.5 Å². The van der Waals surface area contributed by atoms with Crippen molar-refractivity contribution in [3.8, 4) is 0 Å². The molecular weight excluding hydrogens is 348 g/mol. The summed E-state index contributed by atoms with van der Waals surface area (Å²) in [7, 11) is 0. The van der Waals surface area contributed by atoms with Crippen molar-refractivity contribution in [2.24, 2.45) is 0 Å². The van der Waals surface area contributed by atoms with E-state index in [1.54, 1.807) is 0 Å². The van der Waals surface area contributed by atoms with Gasteiger partial charge in [-0.15, -0.1) is 11.7 Å². The highest BCUT2D eigenvalue weighted by Gasteiger charge is 2.32. The Morgan fingerprint density at radius 1 is 1.07 bits per heavy atom. The number of hydrogen-bond acceptors (Lipinski definition) is 5. The summed E-state index contributed by atoms with van der Waals surface area (Å²) in [6.45, 7) is 11.1. The van der Waals surface area contributed by atoms with Crippen molar-refractivity contribution in [3.05, 3.63) is 53.9 Å². The van der Waals surface area contributed by atoms with E-state index in [4.69, 9.17) is 0 Å². The van der Waals surface area contributed by atoms with E-state index in [1.165, 1.54) is 43.2 Å². The molecule has 0 N–H and O–H groups in total. The van der Waals surface area contributed by atoms with Crippen molar-refractivity contribution in [1.29, 1.82) is 0 Å². The lowest BCUT2D eigenvalue weighted by Crippen LogP contribution is -2.48. The first kappa shape index (κ1) is 19.3. The smallest absolute Gasteiger partial charge is 0.173 e. The molecule has 28 heavy (non-hydrogen) atoms. The van der Waals surface area contributed by atoms with Crippen LogP contribution >= 0.6 is 0 Å². The Balaban J connectivity index is 1.64. The minimum atomic E-state index is 0.114. The van der Waals surface area contributed by atoms with Gasteiger partial charge in [0.1, 0.15) is 0 Å². The number of nitrogens with zero attached hydrogens (tertiary/aromatic N) is 6. The first-order valence-electron chi connectivity index (χ1n) is 10.7. The molecule has 1 aliphatic heterocycles. The Bertz CT molecular complexity index is 754. The molecule has 2 aliphatic rings. The first-order valence-corrected chi connectivity index (χ1v) is 10.7. The average Bonchev–Trinajstić information content (AvgIpc) is 3.21. The second-order valence-corrected chi connectivity index (χ2v) is 8.21. The summed E-state index contributed by atoms with van der Waals surface area (Å²) in [5.74, 6) is 1.01. The van der Waals surface area contributed by atoms with Crippen molar-refractivity contribution in [2.45, 2.75) is 51.1 Å². The van der Waals surface area contributed by atoms with Crippen LogP contribution in [0.4, 0.5) is 0 Å². The van der Waals surface area contributed by atoms with Gasteiger partial charge in [0.15, 0.2) is 5.82 Å². The van der Waals surface area contributed by atoms with E-state index >= 15 is 0 Å². The molecule has 6 heteroatoms. The van der Waals surface area contributed by atoms with E-state index in [0.29, 0.717) is 6.04 Å². The van der Waals surface area contributed by atoms with Gasteiger partial charge in [0, 0.05) is 32.7 Å². The fourth-order valence-corrected chi connectivity index (χ4v) is 4.62. The molecule has 1 atom stereocenters. The monoisotopic (exact) mass is 380 g/mol. The Kier molecular flexibility index (Phi) is 6.17. The summed E-state index contributed by atoms with van der Waals surface area (Å²) < 4.78 is 2.14. The van der Waals surface area contributed by atoms with Crippen LogP contribution in [0.1, 0.15) is 61.1 Å². The third-order valence-electron chi connectivity index (χ3n) is 6.24. The topological polar surface area (TPSA) is 50.1 Å². The van der Waals surface area contributed by atoms with Gasteiger partial charge in [-0.3, -0.25) is 9.80 Å². The van der Waals surface area contributed by atoms with Gasteiger partial charge in [-0.2, -0.15) is 0 Å². The Labute approximate surface area is 168 Å². The molecule has 2 heterocycles. The van der Waals surface area contributed by atoms with Crippen LogP contribution < -0.4 is 0 Å². The minimum absolute atomic E-state index is 0.114. The van der Waals surface area contributed by atoms with E-state index in [-0.39, 0.29) is 6.04 Å². The fraction of sp³-hybridized carbons (Fsp3) is 0.591. The van der Waals surface area contributed by atoms with Gasteiger partial charge in [0.25, 0.3) is 0 Å². The van der Waals surface area contributed by atoms with Crippen LogP contribution in [0.3, 0.4) is 0 Å². The molecule has 1 saturated carbocycles. The lowest BCUT2D eigenvalue weighted by Gasteiger charge is -2.39. The number of hydrogen-bond donors (Lipinski definition) is 0. The quantitative estimate of drug-likeness (QED) is 0.719. The third-order valence-corrected chi connectivity index (χ3v) is 6.24. The van der Waals surface area contributed by atoms with Gasteiger partial charge in [-0.25, -0.2) is 4.68 Å². The van der Waals surface area contributed by atoms with Crippen molar-refractivity contribution in [3.63, 3.8) is 0 Å². The summed E-state index contributed by atoms with van der Waals surface area (Å²) >= 11 is 0. The zero-order valence-electron chi connectivity index (χ0n) is 17.0. The van der Waals surface area contributed by atoms with Crippen LogP contribution in [-0.4, -0.2) is 62.7 Å². The molecule has 6 nitrogen and oxygen atoms in total. The molecule has 1 aromatic heterocycles. The highest BCUT2D eigenvalue weighted by atomic mass is 15.6. The zero-order chi connectivity index (χ0) is 19.3. The lowest BCUT2D eigenvalue weighted by atomic mass is 9.95. The molecule has 0 radical (unpaired) electrons. The Hall–Kier alpha value is -2.05. The van der Waals surface area contributed by atoms with Gasteiger partial charge in [-0.05, 0) is 35.8 Å². The Morgan fingerprint density at radius 2 is 1.79 bits per heavy atom. The SMILES string of the molecule is C=CCN1CCN([C@@H](c2ccc(C)cc2)c2nnnn2C2CCCCC2)CC1. The van der Waals surface area contributed by atoms with E-state index in [1.807, 2.05) is 6.08 Å². The molecule has 1 saturated heterocycles. The maximum absolute atomic E-state index is 4.55. The maximum atomic E-state index is 4.55. The summed E-state index contributed by atoms with van der Waals surface area (Å²) in [6.07, 6.45) is 8.26. The van der Waals surface area contributed by atoms with E-state index < -0.39 is 0 Å². The number of piperazine rings is 1. The van der Waals surface area contributed by atoms with E-state index in [2.05, 4.69) is 67.8 Å². The van der Waals surface area contributed by atoms with E-state index in [9.17, 15) is 0 Å². The van der Waals surface area contributed by atoms with Gasteiger partial charge in [0.2, 0.25) is 0 Å². The highest BCUT2D eigenvalue weighted by Crippen LogP contribution is 2.33. The molecule has 2 aromatic rings. The van der Waals surface area contributed by atoms with Crippen LogP contribution in [0.25, 0.3) is 0 Å². The minimum Gasteiger partial charge on any atom is -0.297 e. The molecule has 4 rings (SSSR count). The third kappa shape index (κ3) is 4.18. The van der Waals surface area contributed by atoms with Crippen LogP contribution in [-0.2, 0) is 0 Å². The predicted octanol–water partition coefficient (Wildman–Crippen LogP) is 3.38. The Morgan fingerprint density at radius 3 is 2.46 bits per heavy atom. The molecule has 1 aromatic carbocycles. The van der Waals surface area contributed by atoms with Crippen LogP contribution in [0.15, 0.2) is 36.9 Å². The largest absolute Gasteiger partial charge is 0.297 e. The predicted molar refractivity (Wildman–Crippen MR) is 111 cm³/mol. The summed E-state index contributed by atoms with van der Waals surface area (Å²) in [6, 6.07) is 9.44. The lowest BCUT2D eigenvalue weighted by molar-refractivity contribution is 0.111. The summed E-state index contributed by atoms with van der Waals surface area (Å²) in [4.78, 5) is 5.01. The standard InChI is InChI=1S/C22H32N6/c1-3-13-26-14-16-27(17-15-26)21(19-11-9-18(2)10-12-19)22-23-24-25-28(22)20-7-5-4-6-8-20/h3,9-12,20-21H,1,4-8,13-17H2,2H3/t21-/m0/s1. The van der Waals surface area contributed by atoms with Gasteiger partial charge in [-0.1, -0.05) is 55.2 Å². The number of rotatable bonds is 6. The number of tetrazole rings is 1. The molecule has 2 fully saturated rings. The molecule has 0 bridgehead atoms. The average molecular weight is 381 g/mol. The number of aryl methyl sites for hydroxylation is 1. The molecule has 0 unspecified atom stereocenters. The molecule has 0 amide bonds. The van der Waals surface area contributed by atoms with Gasteiger partial charge >= 0.3 is 0 Å². The van der Waals surface area contributed by atoms with Crippen molar-refractivity contribution in [1.82, 2.24) is 30.0 Å². The molecule has 0 spiro atoms. The van der Waals surface area contributed by atoms with Crippen molar-refractivity contribution >= 4 is 0 Å². The molecule has 150 valence electrons. The fourth-order valence-electron chi connectivity index (χ4n) is 4.62. The second kappa shape index (κ2) is 8.97. The van der Waals surface area contributed by atoms with Gasteiger partial charge in [0.05, 0.1) is 12.1 Å². The normalized spacial score (nSPS) is 20.9. The summed E-state index contributed by atoms with van der Waals surface area (Å²) in [5, 5.41) is 13.1. The number of aromatic nitrogens is 4. The molecule has 1 aliphatic carbocycles. The second-order valence-electron chi connectivity index (χ2n) is 8.21. The van der Waals surface area contributed by atoms with Crippen molar-refractivity contribution < 1.29 is 0 Å². The maximum Gasteiger partial charge on any atom is 0.173 e. The van der Waals surface area contributed by atoms with Crippen LogP contribution in [0.2, 0.25) is 0 Å². The van der Waals surface area contributed by atoms with Crippen LogP contribution in [0.5, 0.6) is 0 Å². The van der Waals surface area contributed by atoms with Gasteiger partial charge < -0.3 is 0 Å². The highest BCUT2D eigenvalue weighted by molar-refractivity contribution is 5.28. The molecular formula is C22H32N6. The summed E-state index contributed by atoms with van der Waals surface area (Å²) in [5.41, 5.74) is 2.57. The first-order chi connectivity index (χ1) is 13.8.